The Morgan fingerprint density at radius 2 is 2.11 bits per heavy atom. The van der Waals surface area contributed by atoms with Gasteiger partial charge in [0.05, 0.1) is 11.5 Å². The van der Waals surface area contributed by atoms with Gasteiger partial charge in [0, 0.05) is 6.07 Å². The fourth-order valence-electron chi connectivity index (χ4n) is 1.67. The van der Waals surface area contributed by atoms with Crippen molar-refractivity contribution in [3.8, 4) is 0 Å². The van der Waals surface area contributed by atoms with Gasteiger partial charge in [-0.15, -0.1) is 0 Å². The number of hydrogen-bond acceptors (Lipinski definition) is 4. The number of carbonyl (C=O) groups excluding carboxylic acids is 1. The molecule has 19 heavy (non-hydrogen) atoms. The molecule has 0 heterocycles. The van der Waals surface area contributed by atoms with E-state index in [9.17, 15) is 23.7 Å². The lowest BCUT2D eigenvalue weighted by molar-refractivity contribution is -0.387. The van der Waals surface area contributed by atoms with Crippen LogP contribution < -0.4 is 0 Å². The molecule has 0 unspecified atom stereocenters. The lowest BCUT2D eigenvalue weighted by atomic mass is 10.1. The van der Waals surface area contributed by atoms with E-state index < -0.39 is 33.8 Å². The molecular weight excluding hydrogens is 260 g/mol. The summed E-state index contributed by atoms with van der Waals surface area (Å²) in [6.07, 6.45) is 2.78. The van der Waals surface area contributed by atoms with Crippen LogP contribution in [-0.2, 0) is 4.74 Å². The quantitative estimate of drug-likeness (QED) is 0.469. The van der Waals surface area contributed by atoms with E-state index in [2.05, 4.69) is 0 Å². The molecule has 0 atom stereocenters. The van der Waals surface area contributed by atoms with Crippen LogP contribution in [0.1, 0.15) is 29.6 Å². The minimum absolute atomic E-state index is 0.0606. The predicted molar refractivity (Wildman–Crippen MR) is 60.6 cm³/mol. The van der Waals surface area contributed by atoms with Crippen molar-refractivity contribution in [1.82, 2.24) is 0 Å². The van der Waals surface area contributed by atoms with Gasteiger partial charge in [-0.2, -0.15) is 4.39 Å². The Morgan fingerprint density at radius 1 is 1.42 bits per heavy atom. The van der Waals surface area contributed by atoms with Gasteiger partial charge >= 0.3 is 11.7 Å². The number of nitro groups is 1. The van der Waals surface area contributed by atoms with Crippen molar-refractivity contribution in [2.75, 3.05) is 6.61 Å². The van der Waals surface area contributed by atoms with Crippen molar-refractivity contribution in [3.05, 3.63) is 39.4 Å². The Bertz CT molecular complexity index is 529. The molecule has 0 aliphatic heterocycles. The molecular formula is C12H11F2NO4. The molecule has 0 spiro atoms. The second kappa shape index (κ2) is 5.29. The van der Waals surface area contributed by atoms with Crippen molar-refractivity contribution in [3.63, 3.8) is 0 Å². The smallest absolute Gasteiger partial charge is 0.344 e. The number of benzene rings is 1. The molecule has 1 aromatic carbocycles. The van der Waals surface area contributed by atoms with E-state index in [0.717, 1.165) is 12.8 Å². The van der Waals surface area contributed by atoms with E-state index >= 15 is 0 Å². The second-order valence-electron chi connectivity index (χ2n) is 4.38. The standard InChI is InChI=1S/C12H11F2NO4/c13-8-3-4-9(15(17)18)11(14)10(8)12(16)19-6-5-7-1-2-7/h3-4,7H,1-2,5-6H2. The Hall–Kier alpha value is -2.05. The molecule has 1 fully saturated rings. The molecule has 0 aromatic heterocycles. The number of rotatable bonds is 5. The van der Waals surface area contributed by atoms with Gasteiger partial charge in [-0.3, -0.25) is 10.1 Å². The van der Waals surface area contributed by atoms with E-state index in [1.54, 1.807) is 0 Å². The van der Waals surface area contributed by atoms with Crippen molar-refractivity contribution in [2.45, 2.75) is 19.3 Å². The van der Waals surface area contributed by atoms with Crippen LogP contribution in [0.2, 0.25) is 0 Å². The minimum atomic E-state index is -1.50. The Labute approximate surface area is 107 Å². The zero-order chi connectivity index (χ0) is 14.0. The molecule has 1 aliphatic rings. The first kappa shape index (κ1) is 13.4. The number of nitrogens with zero attached hydrogens (tertiary/aromatic N) is 1. The van der Waals surface area contributed by atoms with Gasteiger partial charge < -0.3 is 4.74 Å². The summed E-state index contributed by atoms with van der Waals surface area (Å²) in [5, 5.41) is 10.5. The first-order valence-electron chi connectivity index (χ1n) is 5.80. The highest BCUT2D eigenvalue weighted by Crippen LogP contribution is 2.32. The van der Waals surface area contributed by atoms with Gasteiger partial charge in [0.25, 0.3) is 0 Å². The molecule has 1 aliphatic carbocycles. The van der Waals surface area contributed by atoms with Gasteiger partial charge in [0.1, 0.15) is 11.4 Å². The summed E-state index contributed by atoms with van der Waals surface area (Å²) in [4.78, 5) is 21.0. The van der Waals surface area contributed by atoms with Gasteiger partial charge in [0.15, 0.2) is 0 Å². The molecule has 5 nitrogen and oxygen atoms in total. The van der Waals surface area contributed by atoms with Gasteiger partial charge in [-0.1, -0.05) is 12.8 Å². The lowest BCUT2D eigenvalue weighted by Gasteiger charge is -2.06. The van der Waals surface area contributed by atoms with Crippen molar-refractivity contribution in [1.29, 1.82) is 0 Å². The van der Waals surface area contributed by atoms with Crippen molar-refractivity contribution in [2.24, 2.45) is 5.92 Å². The SMILES string of the molecule is O=C(OCCC1CC1)c1c(F)ccc([N+](=O)[O-])c1F. The van der Waals surface area contributed by atoms with Crippen LogP contribution in [0, 0.1) is 27.7 Å². The molecule has 0 amide bonds. The molecule has 0 bridgehead atoms. The van der Waals surface area contributed by atoms with E-state index in [1.807, 2.05) is 0 Å². The molecule has 102 valence electrons. The van der Waals surface area contributed by atoms with Crippen LogP contribution in [0.4, 0.5) is 14.5 Å². The van der Waals surface area contributed by atoms with Gasteiger partial charge in [0.2, 0.25) is 5.82 Å². The largest absolute Gasteiger partial charge is 0.462 e. The third kappa shape index (κ3) is 3.04. The summed E-state index contributed by atoms with van der Waals surface area (Å²) in [5.74, 6) is -3.37. The highest BCUT2D eigenvalue weighted by molar-refractivity contribution is 5.90. The normalized spacial score (nSPS) is 14.2. The summed E-state index contributed by atoms with van der Waals surface area (Å²) < 4.78 is 31.8. The average molecular weight is 271 g/mol. The van der Waals surface area contributed by atoms with E-state index in [0.29, 0.717) is 24.5 Å². The van der Waals surface area contributed by atoms with E-state index in [-0.39, 0.29) is 6.61 Å². The number of carbonyl (C=O) groups is 1. The maximum absolute atomic E-state index is 13.7. The molecule has 0 N–H and O–H groups in total. The third-order valence-electron chi connectivity index (χ3n) is 2.93. The molecule has 0 radical (unpaired) electrons. The third-order valence-corrected chi connectivity index (χ3v) is 2.93. The van der Waals surface area contributed by atoms with Crippen molar-refractivity contribution < 1.29 is 23.2 Å². The number of hydrogen-bond donors (Lipinski definition) is 0. The monoisotopic (exact) mass is 271 g/mol. The summed E-state index contributed by atoms with van der Waals surface area (Å²) in [7, 11) is 0. The number of nitro benzene ring substituents is 1. The summed E-state index contributed by atoms with van der Waals surface area (Å²) in [6.45, 7) is 0.0606. The van der Waals surface area contributed by atoms with Gasteiger partial charge in [-0.25, -0.2) is 9.18 Å². The number of esters is 1. The molecule has 0 saturated heterocycles. The average Bonchev–Trinajstić information content (AvgIpc) is 3.12. The molecule has 1 saturated carbocycles. The lowest BCUT2D eigenvalue weighted by Crippen LogP contribution is -2.12. The Morgan fingerprint density at radius 3 is 2.68 bits per heavy atom. The zero-order valence-electron chi connectivity index (χ0n) is 9.90. The van der Waals surface area contributed by atoms with Crippen molar-refractivity contribution >= 4 is 11.7 Å². The second-order valence-corrected chi connectivity index (χ2v) is 4.38. The Kier molecular flexibility index (Phi) is 3.73. The first-order chi connectivity index (χ1) is 9.00. The first-order valence-corrected chi connectivity index (χ1v) is 5.80. The highest BCUT2D eigenvalue weighted by atomic mass is 19.1. The summed E-state index contributed by atoms with van der Waals surface area (Å²) >= 11 is 0. The fourth-order valence-corrected chi connectivity index (χ4v) is 1.67. The fraction of sp³-hybridized carbons (Fsp3) is 0.417. The predicted octanol–water partition coefficient (Wildman–Crippen LogP) is 2.83. The maximum Gasteiger partial charge on any atom is 0.344 e. The molecule has 2 rings (SSSR count). The summed E-state index contributed by atoms with van der Waals surface area (Å²) in [6, 6.07) is 1.35. The van der Waals surface area contributed by atoms with Crippen LogP contribution in [0.5, 0.6) is 0 Å². The van der Waals surface area contributed by atoms with Crippen LogP contribution in [0.15, 0.2) is 12.1 Å². The summed E-state index contributed by atoms with van der Waals surface area (Å²) in [5.41, 5.74) is -1.96. The van der Waals surface area contributed by atoms with Crippen LogP contribution in [0.25, 0.3) is 0 Å². The topological polar surface area (TPSA) is 69.4 Å². The number of ether oxygens (including phenoxy) is 1. The molecule has 7 heteroatoms. The Balaban J connectivity index is 2.14. The van der Waals surface area contributed by atoms with Crippen LogP contribution in [0.3, 0.4) is 0 Å². The maximum atomic E-state index is 13.7. The van der Waals surface area contributed by atoms with Crippen LogP contribution in [-0.4, -0.2) is 17.5 Å². The molecule has 1 aromatic rings. The van der Waals surface area contributed by atoms with Gasteiger partial charge in [-0.05, 0) is 18.4 Å². The van der Waals surface area contributed by atoms with E-state index in [1.165, 1.54) is 0 Å². The van der Waals surface area contributed by atoms with Crippen LogP contribution >= 0.6 is 0 Å². The highest BCUT2D eigenvalue weighted by Gasteiger charge is 2.28. The van der Waals surface area contributed by atoms with E-state index in [4.69, 9.17) is 4.74 Å². The number of halogens is 2. The zero-order valence-corrected chi connectivity index (χ0v) is 9.90. The minimum Gasteiger partial charge on any atom is -0.462 e.